The van der Waals surface area contributed by atoms with Crippen LogP contribution in [0.25, 0.3) is 0 Å². The summed E-state index contributed by atoms with van der Waals surface area (Å²) in [5.74, 6) is 0.612. The van der Waals surface area contributed by atoms with Gasteiger partial charge in [-0.15, -0.1) is 0 Å². The first kappa shape index (κ1) is 19.0. The molecule has 1 aromatic carbocycles. The van der Waals surface area contributed by atoms with Crippen molar-refractivity contribution in [1.29, 1.82) is 0 Å². The van der Waals surface area contributed by atoms with E-state index in [2.05, 4.69) is 30.6 Å². The first-order chi connectivity index (χ1) is 13.5. The van der Waals surface area contributed by atoms with Crippen molar-refractivity contribution in [2.45, 2.75) is 64.3 Å². The maximum absolute atomic E-state index is 12.8. The lowest BCUT2D eigenvalue weighted by molar-refractivity contribution is -0.126. The summed E-state index contributed by atoms with van der Waals surface area (Å²) in [6, 6.07) is 5.76. The second-order valence-corrected chi connectivity index (χ2v) is 7.92. The molecule has 2 heterocycles. The van der Waals surface area contributed by atoms with E-state index < -0.39 is 6.04 Å². The Bertz CT molecular complexity index is 802. The molecular formula is C22H29N3O3. The number of benzene rings is 1. The predicted molar refractivity (Wildman–Crippen MR) is 107 cm³/mol. The van der Waals surface area contributed by atoms with Crippen LogP contribution < -0.4 is 10.1 Å². The second-order valence-electron chi connectivity index (χ2n) is 7.92. The Morgan fingerprint density at radius 3 is 2.64 bits per heavy atom. The van der Waals surface area contributed by atoms with Gasteiger partial charge in [0.25, 0.3) is 5.91 Å². The van der Waals surface area contributed by atoms with Crippen LogP contribution in [0.4, 0.5) is 0 Å². The molecule has 2 fully saturated rings. The highest BCUT2D eigenvalue weighted by Gasteiger charge is 2.39. The third-order valence-electron chi connectivity index (χ3n) is 6.35. The van der Waals surface area contributed by atoms with Gasteiger partial charge in [-0.25, -0.2) is 0 Å². The summed E-state index contributed by atoms with van der Waals surface area (Å²) in [6.07, 6.45) is 3.78. The Labute approximate surface area is 166 Å². The normalized spacial score (nSPS) is 26.9. The first-order valence-corrected chi connectivity index (χ1v) is 10.3. The Kier molecular flexibility index (Phi) is 5.15. The van der Waals surface area contributed by atoms with E-state index in [1.807, 2.05) is 18.2 Å². The smallest absolute Gasteiger partial charge is 0.255 e. The quantitative estimate of drug-likeness (QED) is 0.820. The molecule has 6 heteroatoms. The number of amides is 2. The van der Waals surface area contributed by atoms with Gasteiger partial charge in [0.1, 0.15) is 17.9 Å². The van der Waals surface area contributed by atoms with Crippen LogP contribution in [0.15, 0.2) is 30.5 Å². The standard InChI is InChI=1S/C22H29N3O3/c1-4-24(5-2)18-10-11-20(18)28-16-7-8-17-15(12-16)13-25(22(17)27)19-9-6-14(3)23-21(19)26/h7-8,12,18-20H,3-6,9-11,13H2,1-2H3,(H,23,26)/t18-,19?,20-/m0/s1. The van der Waals surface area contributed by atoms with Gasteiger partial charge < -0.3 is 15.0 Å². The largest absolute Gasteiger partial charge is 0.489 e. The van der Waals surface area contributed by atoms with E-state index in [4.69, 9.17) is 4.74 Å². The minimum absolute atomic E-state index is 0.0705. The molecule has 150 valence electrons. The number of allylic oxidation sites excluding steroid dienone is 1. The molecule has 0 aromatic heterocycles. The van der Waals surface area contributed by atoms with Crippen LogP contribution in [0.2, 0.25) is 0 Å². The lowest BCUT2D eigenvalue weighted by Gasteiger charge is -2.43. The number of rotatable bonds is 6. The summed E-state index contributed by atoms with van der Waals surface area (Å²) < 4.78 is 6.26. The molecule has 0 spiro atoms. The van der Waals surface area contributed by atoms with E-state index >= 15 is 0 Å². The van der Waals surface area contributed by atoms with Crippen LogP contribution >= 0.6 is 0 Å². The predicted octanol–water partition coefficient (Wildman–Crippen LogP) is 2.69. The van der Waals surface area contributed by atoms with Crippen molar-refractivity contribution < 1.29 is 14.3 Å². The number of likely N-dealkylation sites (N-methyl/N-ethyl adjacent to an activating group) is 1. The van der Waals surface area contributed by atoms with Gasteiger partial charge in [-0.1, -0.05) is 20.4 Å². The van der Waals surface area contributed by atoms with Gasteiger partial charge >= 0.3 is 0 Å². The van der Waals surface area contributed by atoms with Gasteiger partial charge in [0.2, 0.25) is 5.91 Å². The summed E-state index contributed by atoms with van der Waals surface area (Å²) in [5.41, 5.74) is 2.35. The van der Waals surface area contributed by atoms with Gasteiger partial charge in [0, 0.05) is 23.8 Å². The van der Waals surface area contributed by atoms with Crippen LogP contribution in [-0.4, -0.2) is 52.9 Å². The zero-order valence-corrected chi connectivity index (χ0v) is 16.7. The fourth-order valence-electron chi connectivity index (χ4n) is 4.58. The molecule has 2 amide bonds. The van der Waals surface area contributed by atoms with Gasteiger partial charge in [-0.05, 0) is 62.5 Å². The zero-order valence-electron chi connectivity index (χ0n) is 16.7. The van der Waals surface area contributed by atoms with Crippen LogP contribution in [0, 0.1) is 0 Å². The number of nitrogens with zero attached hydrogens (tertiary/aromatic N) is 2. The summed E-state index contributed by atoms with van der Waals surface area (Å²) >= 11 is 0. The van der Waals surface area contributed by atoms with Gasteiger partial charge in [0.05, 0.1) is 0 Å². The van der Waals surface area contributed by atoms with E-state index in [-0.39, 0.29) is 17.9 Å². The summed E-state index contributed by atoms with van der Waals surface area (Å²) in [4.78, 5) is 29.3. The first-order valence-electron chi connectivity index (χ1n) is 10.3. The molecule has 1 aliphatic carbocycles. The lowest BCUT2D eigenvalue weighted by Crippen LogP contribution is -2.53. The third kappa shape index (κ3) is 3.30. The fraction of sp³-hybridized carbons (Fsp3) is 0.545. The average molecular weight is 383 g/mol. The van der Waals surface area contributed by atoms with Gasteiger partial charge in [0.15, 0.2) is 0 Å². The SMILES string of the molecule is C=C1CCC(N2Cc3cc(O[C@H]4CC[C@@H]4N(CC)CC)ccc3C2=O)C(=O)N1. The Morgan fingerprint density at radius 1 is 1.21 bits per heavy atom. The molecule has 3 aliphatic rings. The van der Waals surface area contributed by atoms with Crippen molar-refractivity contribution >= 4 is 11.8 Å². The molecule has 6 nitrogen and oxygen atoms in total. The number of piperidine rings is 1. The van der Waals surface area contributed by atoms with E-state index in [0.29, 0.717) is 31.0 Å². The highest BCUT2D eigenvalue weighted by molar-refractivity contribution is 6.01. The Morgan fingerprint density at radius 2 is 2.00 bits per heavy atom. The fourth-order valence-corrected chi connectivity index (χ4v) is 4.58. The van der Waals surface area contributed by atoms with Crippen molar-refractivity contribution in [3.05, 3.63) is 41.6 Å². The third-order valence-corrected chi connectivity index (χ3v) is 6.35. The van der Waals surface area contributed by atoms with Crippen molar-refractivity contribution in [1.82, 2.24) is 15.1 Å². The van der Waals surface area contributed by atoms with Crippen LogP contribution in [0.3, 0.4) is 0 Å². The molecule has 0 bridgehead atoms. The monoisotopic (exact) mass is 383 g/mol. The molecule has 1 saturated carbocycles. The Hall–Kier alpha value is -2.34. The van der Waals surface area contributed by atoms with E-state index in [9.17, 15) is 9.59 Å². The van der Waals surface area contributed by atoms with Crippen molar-refractivity contribution in [2.75, 3.05) is 13.1 Å². The molecule has 1 N–H and O–H groups in total. The van der Waals surface area contributed by atoms with Crippen LogP contribution in [-0.2, 0) is 11.3 Å². The molecule has 4 rings (SSSR count). The number of hydrogen-bond donors (Lipinski definition) is 1. The zero-order chi connectivity index (χ0) is 19.8. The van der Waals surface area contributed by atoms with Crippen molar-refractivity contribution in [3.8, 4) is 5.75 Å². The summed E-state index contributed by atoms with van der Waals surface area (Å²) in [7, 11) is 0. The Balaban J connectivity index is 1.45. The molecule has 28 heavy (non-hydrogen) atoms. The van der Waals surface area contributed by atoms with E-state index in [0.717, 1.165) is 36.5 Å². The minimum atomic E-state index is -0.423. The lowest BCUT2D eigenvalue weighted by atomic mass is 9.87. The topological polar surface area (TPSA) is 61.9 Å². The second kappa shape index (κ2) is 7.59. The molecule has 3 atom stereocenters. The highest BCUT2D eigenvalue weighted by atomic mass is 16.5. The number of fused-ring (bicyclic) bond motifs is 1. The number of ether oxygens (including phenoxy) is 1. The van der Waals surface area contributed by atoms with Gasteiger partial charge in [-0.2, -0.15) is 0 Å². The maximum Gasteiger partial charge on any atom is 0.255 e. The maximum atomic E-state index is 12.8. The van der Waals surface area contributed by atoms with Gasteiger partial charge in [-0.3, -0.25) is 14.5 Å². The molecule has 1 unspecified atom stereocenters. The number of carbonyl (C=O) groups excluding carboxylic acids is 2. The molecular weight excluding hydrogens is 354 g/mol. The van der Waals surface area contributed by atoms with E-state index in [1.165, 1.54) is 6.42 Å². The van der Waals surface area contributed by atoms with E-state index in [1.54, 1.807) is 4.90 Å². The molecule has 0 radical (unpaired) electrons. The molecule has 1 saturated heterocycles. The minimum Gasteiger partial charge on any atom is -0.489 e. The average Bonchev–Trinajstić information content (AvgIpc) is 2.99. The number of carbonyl (C=O) groups is 2. The number of hydrogen-bond acceptors (Lipinski definition) is 4. The highest BCUT2D eigenvalue weighted by Crippen LogP contribution is 2.34. The van der Waals surface area contributed by atoms with Crippen molar-refractivity contribution in [2.24, 2.45) is 0 Å². The molecule has 2 aliphatic heterocycles. The summed E-state index contributed by atoms with van der Waals surface area (Å²) in [5, 5.41) is 2.78. The van der Waals surface area contributed by atoms with Crippen molar-refractivity contribution in [3.63, 3.8) is 0 Å². The van der Waals surface area contributed by atoms with Crippen LogP contribution in [0.5, 0.6) is 5.75 Å². The number of nitrogens with one attached hydrogen (secondary N) is 1. The summed E-state index contributed by atoms with van der Waals surface area (Å²) in [6.45, 7) is 10.7. The molecule has 1 aromatic rings. The van der Waals surface area contributed by atoms with Crippen LogP contribution in [0.1, 0.15) is 55.5 Å².